The fourth-order valence-electron chi connectivity index (χ4n) is 4.64. The Labute approximate surface area is 197 Å². The van der Waals surface area contributed by atoms with E-state index in [1.807, 2.05) is 6.07 Å². The SMILES string of the molecule is COc1ccc(C(CN2CCN(C)CC2)C2(O)CCCCCCC2)cc1Br.Cl.Cl. The molecule has 1 heterocycles. The molecule has 2 fully saturated rings. The number of ether oxygens (including phenoxy) is 1. The molecule has 2 aliphatic rings. The number of benzene rings is 1. The second-order valence-corrected chi connectivity index (χ2v) is 9.28. The van der Waals surface area contributed by atoms with Crippen LogP contribution in [0.25, 0.3) is 0 Å². The highest BCUT2D eigenvalue weighted by atomic mass is 79.9. The van der Waals surface area contributed by atoms with E-state index in [4.69, 9.17) is 4.74 Å². The minimum Gasteiger partial charge on any atom is -0.496 e. The Kier molecular flexibility index (Phi) is 11.8. The summed E-state index contributed by atoms with van der Waals surface area (Å²) >= 11 is 3.65. The Morgan fingerprint density at radius 2 is 1.62 bits per heavy atom. The van der Waals surface area contributed by atoms with E-state index in [2.05, 4.69) is 44.9 Å². The van der Waals surface area contributed by atoms with E-state index in [0.717, 1.165) is 68.6 Å². The van der Waals surface area contributed by atoms with Gasteiger partial charge < -0.3 is 19.6 Å². The van der Waals surface area contributed by atoms with E-state index in [1.54, 1.807) is 7.11 Å². The zero-order valence-corrected chi connectivity index (χ0v) is 21.0. The van der Waals surface area contributed by atoms with Crippen LogP contribution in [0.5, 0.6) is 5.75 Å². The maximum atomic E-state index is 11.8. The zero-order valence-electron chi connectivity index (χ0n) is 17.7. The van der Waals surface area contributed by atoms with Gasteiger partial charge in [-0.3, -0.25) is 0 Å². The standard InChI is InChI=1S/C22H35BrN2O2.2ClH/c1-24-12-14-25(15-13-24)17-19(18-8-9-21(27-2)20(23)16-18)22(26)10-6-4-3-5-7-11-22;;/h8-9,16,19,26H,3-7,10-15,17H2,1-2H3;2*1H. The number of piperazine rings is 1. The summed E-state index contributed by atoms with van der Waals surface area (Å²) in [5, 5.41) is 11.8. The van der Waals surface area contributed by atoms with E-state index < -0.39 is 5.60 Å². The molecule has 1 saturated carbocycles. The molecule has 1 aromatic rings. The largest absolute Gasteiger partial charge is 0.496 e. The van der Waals surface area contributed by atoms with E-state index in [9.17, 15) is 5.11 Å². The van der Waals surface area contributed by atoms with Crippen LogP contribution >= 0.6 is 40.7 Å². The molecule has 1 aliphatic heterocycles. The molecule has 1 aromatic carbocycles. The van der Waals surface area contributed by atoms with Crippen molar-refractivity contribution in [2.45, 2.75) is 56.5 Å². The van der Waals surface area contributed by atoms with Crippen LogP contribution in [0.2, 0.25) is 0 Å². The van der Waals surface area contributed by atoms with E-state index >= 15 is 0 Å². The van der Waals surface area contributed by atoms with Crippen molar-refractivity contribution < 1.29 is 9.84 Å². The number of rotatable bonds is 5. The number of nitrogens with zero attached hydrogens (tertiary/aromatic N) is 2. The first-order valence-corrected chi connectivity index (χ1v) is 11.3. The molecule has 3 rings (SSSR count). The maximum Gasteiger partial charge on any atom is 0.133 e. The van der Waals surface area contributed by atoms with E-state index in [-0.39, 0.29) is 30.7 Å². The summed E-state index contributed by atoms with van der Waals surface area (Å²) in [5.41, 5.74) is 0.613. The fraction of sp³-hybridized carbons (Fsp3) is 0.727. The monoisotopic (exact) mass is 510 g/mol. The van der Waals surface area contributed by atoms with Crippen molar-refractivity contribution >= 4 is 40.7 Å². The molecule has 0 aromatic heterocycles. The molecule has 168 valence electrons. The Hall–Kier alpha value is -0.0400. The van der Waals surface area contributed by atoms with Crippen molar-refractivity contribution in [3.63, 3.8) is 0 Å². The van der Waals surface area contributed by atoms with Crippen LogP contribution < -0.4 is 4.74 Å². The number of halogens is 3. The van der Waals surface area contributed by atoms with Gasteiger partial charge in [-0.25, -0.2) is 0 Å². The first kappa shape index (κ1) is 27.0. The highest BCUT2D eigenvalue weighted by Gasteiger charge is 2.39. The normalized spacial score (nSPS) is 21.8. The molecule has 0 amide bonds. The van der Waals surface area contributed by atoms with Gasteiger partial charge in [0.25, 0.3) is 0 Å². The van der Waals surface area contributed by atoms with Crippen LogP contribution in [0.4, 0.5) is 0 Å². The summed E-state index contributed by atoms with van der Waals surface area (Å²) in [5.74, 6) is 0.989. The van der Waals surface area contributed by atoms with Gasteiger partial charge in [-0.05, 0) is 53.5 Å². The van der Waals surface area contributed by atoms with Crippen molar-refractivity contribution in [3.8, 4) is 5.75 Å². The summed E-state index contributed by atoms with van der Waals surface area (Å²) < 4.78 is 6.40. The van der Waals surface area contributed by atoms with Crippen LogP contribution in [-0.4, -0.2) is 67.4 Å². The van der Waals surface area contributed by atoms with E-state index in [1.165, 1.54) is 24.8 Å². The van der Waals surface area contributed by atoms with Crippen molar-refractivity contribution in [3.05, 3.63) is 28.2 Å². The lowest BCUT2D eigenvalue weighted by molar-refractivity contribution is -0.0254. The lowest BCUT2D eigenvalue weighted by Crippen LogP contribution is -2.49. The van der Waals surface area contributed by atoms with Crippen LogP contribution in [0.1, 0.15) is 56.4 Å². The number of hydrogen-bond donors (Lipinski definition) is 1. The average Bonchev–Trinajstić information content (AvgIpc) is 2.64. The molecular weight excluding hydrogens is 475 g/mol. The van der Waals surface area contributed by atoms with Crippen LogP contribution in [0.15, 0.2) is 22.7 Å². The first-order chi connectivity index (χ1) is 13.0. The minimum absolute atomic E-state index is 0. The van der Waals surface area contributed by atoms with Crippen molar-refractivity contribution in [1.29, 1.82) is 0 Å². The predicted octanol–water partition coefficient (Wildman–Crippen LogP) is 5.11. The summed E-state index contributed by atoms with van der Waals surface area (Å²) in [6, 6.07) is 6.35. The topological polar surface area (TPSA) is 35.9 Å². The Morgan fingerprint density at radius 1 is 1.03 bits per heavy atom. The number of methoxy groups -OCH3 is 1. The lowest BCUT2D eigenvalue weighted by Gasteiger charge is -2.42. The van der Waals surface area contributed by atoms with Gasteiger partial charge in [0.2, 0.25) is 0 Å². The van der Waals surface area contributed by atoms with Crippen LogP contribution in [-0.2, 0) is 0 Å². The Bertz CT molecular complexity index is 604. The molecule has 0 bridgehead atoms. The fourth-order valence-corrected chi connectivity index (χ4v) is 5.20. The zero-order chi connectivity index (χ0) is 19.3. The molecule has 1 aliphatic carbocycles. The van der Waals surface area contributed by atoms with E-state index in [0.29, 0.717) is 0 Å². The van der Waals surface area contributed by atoms with Gasteiger partial charge >= 0.3 is 0 Å². The molecule has 7 heteroatoms. The predicted molar refractivity (Wildman–Crippen MR) is 129 cm³/mol. The lowest BCUT2D eigenvalue weighted by atomic mass is 9.74. The van der Waals surface area contributed by atoms with Gasteiger partial charge in [-0.15, -0.1) is 24.8 Å². The minimum atomic E-state index is -0.613. The Morgan fingerprint density at radius 3 is 2.17 bits per heavy atom. The van der Waals surface area contributed by atoms with Gasteiger partial charge in [0.15, 0.2) is 0 Å². The molecule has 1 atom stereocenters. The van der Waals surface area contributed by atoms with Gasteiger partial charge in [-0.1, -0.05) is 38.2 Å². The molecule has 1 unspecified atom stereocenters. The van der Waals surface area contributed by atoms with Crippen molar-refractivity contribution in [1.82, 2.24) is 9.80 Å². The second kappa shape index (κ2) is 12.7. The average molecular weight is 512 g/mol. The second-order valence-electron chi connectivity index (χ2n) is 8.42. The van der Waals surface area contributed by atoms with Gasteiger partial charge in [0.05, 0.1) is 17.2 Å². The molecule has 29 heavy (non-hydrogen) atoms. The van der Waals surface area contributed by atoms with Gasteiger partial charge in [0, 0.05) is 38.6 Å². The third-order valence-electron chi connectivity index (χ3n) is 6.48. The molecule has 0 spiro atoms. The van der Waals surface area contributed by atoms with Crippen molar-refractivity contribution in [2.75, 3.05) is 46.9 Å². The number of aliphatic hydroxyl groups is 1. The summed E-state index contributed by atoms with van der Waals surface area (Å²) in [6.45, 7) is 5.32. The molecule has 1 N–H and O–H groups in total. The Balaban J connectivity index is 0.00000210. The summed E-state index contributed by atoms with van der Waals surface area (Å²) in [6.07, 6.45) is 7.89. The molecular formula is C22H37BrCl2N2O2. The van der Waals surface area contributed by atoms with Crippen molar-refractivity contribution in [2.24, 2.45) is 0 Å². The summed E-state index contributed by atoms with van der Waals surface area (Å²) in [4.78, 5) is 4.93. The molecule has 1 saturated heterocycles. The first-order valence-electron chi connectivity index (χ1n) is 10.5. The van der Waals surface area contributed by atoms with Crippen LogP contribution in [0.3, 0.4) is 0 Å². The number of hydrogen-bond acceptors (Lipinski definition) is 4. The van der Waals surface area contributed by atoms with Gasteiger partial charge in [0.1, 0.15) is 5.75 Å². The highest BCUT2D eigenvalue weighted by molar-refractivity contribution is 9.10. The third kappa shape index (κ3) is 7.26. The maximum absolute atomic E-state index is 11.8. The highest BCUT2D eigenvalue weighted by Crippen LogP contribution is 2.41. The quantitative estimate of drug-likeness (QED) is 0.596. The molecule has 4 nitrogen and oxygen atoms in total. The molecule has 0 radical (unpaired) electrons. The number of likely N-dealkylation sites (N-methyl/N-ethyl adjacent to an activating group) is 1. The third-order valence-corrected chi connectivity index (χ3v) is 7.10. The smallest absolute Gasteiger partial charge is 0.133 e. The van der Waals surface area contributed by atoms with Crippen LogP contribution in [0, 0.1) is 0 Å². The van der Waals surface area contributed by atoms with Gasteiger partial charge in [-0.2, -0.15) is 0 Å². The summed E-state index contributed by atoms with van der Waals surface area (Å²) in [7, 11) is 3.89.